The third-order valence-electron chi connectivity index (χ3n) is 2.83. The second kappa shape index (κ2) is 7.37. The normalized spacial score (nSPS) is 12.0. The molecule has 0 saturated carbocycles. The van der Waals surface area contributed by atoms with Crippen molar-refractivity contribution in [3.05, 3.63) is 47.0 Å². The lowest BCUT2D eigenvalue weighted by atomic mass is 10.0. The summed E-state index contributed by atoms with van der Waals surface area (Å²) in [5, 5.41) is 2.47. The Balaban J connectivity index is 0.000000861. The topological polar surface area (TPSA) is 38.9 Å². The van der Waals surface area contributed by atoms with E-state index in [4.69, 9.17) is 5.73 Å². The van der Waals surface area contributed by atoms with E-state index in [1.165, 1.54) is 16.0 Å². The molecule has 1 aromatic carbocycles. The molecular formula is C17H22N2. The molecule has 0 atom stereocenters. The van der Waals surface area contributed by atoms with E-state index in [0.717, 1.165) is 5.56 Å². The molecule has 2 N–H and O–H groups in total. The van der Waals surface area contributed by atoms with Crippen LogP contribution in [0.25, 0.3) is 23.3 Å². The molecule has 19 heavy (non-hydrogen) atoms. The van der Waals surface area contributed by atoms with Crippen molar-refractivity contribution in [3.8, 4) is 11.1 Å². The lowest BCUT2D eigenvalue weighted by Crippen LogP contribution is -2.25. The van der Waals surface area contributed by atoms with Crippen LogP contribution in [0.3, 0.4) is 0 Å². The highest BCUT2D eigenvalue weighted by Crippen LogP contribution is 2.15. The van der Waals surface area contributed by atoms with Crippen LogP contribution in [0.15, 0.2) is 36.5 Å². The van der Waals surface area contributed by atoms with Gasteiger partial charge in [0.1, 0.15) is 5.82 Å². The average Bonchev–Trinajstić information content (AvgIpc) is 2.48. The molecule has 0 aliphatic rings. The van der Waals surface area contributed by atoms with Crippen LogP contribution in [0.1, 0.15) is 27.7 Å². The highest BCUT2D eigenvalue weighted by Gasteiger charge is 2.00. The van der Waals surface area contributed by atoms with Crippen LogP contribution < -0.4 is 16.2 Å². The minimum Gasteiger partial charge on any atom is -0.384 e. The maximum Gasteiger partial charge on any atom is 0.123 e. The zero-order chi connectivity index (χ0) is 14.3. The molecular weight excluding hydrogens is 232 g/mol. The number of rotatable bonds is 1. The second-order valence-electron chi connectivity index (χ2n) is 3.86. The number of nitrogens with two attached hydrogens (primary N) is 1. The van der Waals surface area contributed by atoms with E-state index in [9.17, 15) is 0 Å². The van der Waals surface area contributed by atoms with Crippen LogP contribution in [-0.4, -0.2) is 4.98 Å². The first-order valence-electron chi connectivity index (χ1n) is 6.70. The van der Waals surface area contributed by atoms with Gasteiger partial charge < -0.3 is 5.73 Å². The van der Waals surface area contributed by atoms with Crippen molar-refractivity contribution < 1.29 is 0 Å². The zero-order valence-corrected chi connectivity index (χ0v) is 12.1. The summed E-state index contributed by atoms with van der Waals surface area (Å²) >= 11 is 0. The summed E-state index contributed by atoms with van der Waals surface area (Å²) in [4.78, 5) is 4.02. The molecule has 0 amide bonds. The SMILES string of the molecule is C/C=c1/cccc(-c2ccnc(N)c2)/c1=C/C.CC. The van der Waals surface area contributed by atoms with E-state index in [1.54, 1.807) is 6.20 Å². The van der Waals surface area contributed by atoms with Gasteiger partial charge in [-0.05, 0) is 47.5 Å². The molecule has 0 saturated heterocycles. The van der Waals surface area contributed by atoms with E-state index < -0.39 is 0 Å². The van der Waals surface area contributed by atoms with E-state index in [-0.39, 0.29) is 0 Å². The van der Waals surface area contributed by atoms with Gasteiger partial charge >= 0.3 is 0 Å². The maximum atomic E-state index is 5.73. The molecule has 0 aliphatic carbocycles. The molecule has 0 fully saturated rings. The van der Waals surface area contributed by atoms with Crippen molar-refractivity contribution in [2.45, 2.75) is 27.7 Å². The van der Waals surface area contributed by atoms with Gasteiger partial charge in [-0.2, -0.15) is 0 Å². The number of hydrogen-bond acceptors (Lipinski definition) is 2. The van der Waals surface area contributed by atoms with Crippen molar-refractivity contribution in [2.24, 2.45) is 0 Å². The Morgan fingerprint density at radius 1 is 1.05 bits per heavy atom. The van der Waals surface area contributed by atoms with Gasteiger partial charge in [-0.25, -0.2) is 4.98 Å². The van der Waals surface area contributed by atoms with E-state index in [0.29, 0.717) is 5.82 Å². The number of aromatic nitrogens is 1. The Hall–Kier alpha value is -2.09. The maximum absolute atomic E-state index is 5.73. The summed E-state index contributed by atoms with van der Waals surface area (Å²) in [6.07, 6.45) is 5.98. The van der Waals surface area contributed by atoms with Crippen LogP contribution in [0.5, 0.6) is 0 Å². The third-order valence-corrected chi connectivity index (χ3v) is 2.83. The van der Waals surface area contributed by atoms with Gasteiger partial charge in [-0.3, -0.25) is 0 Å². The molecule has 1 aromatic heterocycles. The smallest absolute Gasteiger partial charge is 0.123 e. The highest BCUT2D eigenvalue weighted by atomic mass is 14.8. The molecule has 100 valence electrons. The Morgan fingerprint density at radius 2 is 1.79 bits per heavy atom. The lowest BCUT2D eigenvalue weighted by Gasteiger charge is -2.04. The highest BCUT2D eigenvalue weighted by molar-refractivity contribution is 5.67. The number of benzene rings is 1. The molecule has 0 bridgehead atoms. The quantitative estimate of drug-likeness (QED) is 0.849. The van der Waals surface area contributed by atoms with E-state index in [2.05, 4.69) is 42.3 Å². The fourth-order valence-electron chi connectivity index (χ4n) is 2.02. The number of pyridine rings is 1. The summed E-state index contributed by atoms with van der Waals surface area (Å²) < 4.78 is 0. The van der Waals surface area contributed by atoms with Crippen LogP contribution in [0.4, 0.5) is 5.82 Å². The van der Waals surface area contributed by atoms with Gasteiger partial charge in [0, 0.05) is 6.20 Å². The van der Waals surface area contributed by atoms with Gasteiger partial charge in [-0.15, -0.1) is 0 Å². The van der Waals surface area contributed by atoms with Crippen LogP contribution in [0, 0.1) is 0 Å². The van der Waals surface area contributed by atoms with Crippen molar-refractivity contribution in [1.29, 1.82) is 0 Å². The fourth-order valence-corrected chi connectivity index (χ4v) is 2.02. The number of nitrogen functional groups attached to an aromatic ring is 1. The predicted molar refractivity (Wildman–Crippen MR) is 85.0 cm³/mol. The standard InChI is InChI=1S/C15H16N2.C2H6/c1-3-11-6-5-7-14(13(11)4-2)12-8-9-17-15(16)10-12;1-2/h3-10H,1-2H3,(H2,16,17);1-2H3/b11-3-,13-4+;. The third kappa shape index (κ3) is 3.44. The van der Waals surface area contributed by atoms with Gasteiger partial charge in [0.25, 0.3) is 0 Å². The first-order chi connectivity index (χ1) is 9.26. The zero-order valence-electron chi connectivity index (χ0n) is 12.1. The first-order valence-corrected chi connectivity index (χ1v) is 6.70. The summed E-state index contributed by atoms with van der Waals surface area (Å²) in [7, 11) is 0. The average molecular weight is 254 g/mol. The van der Waals surface area contributed by atoms with Gasteiger partial charge in [-0.1, -0.05) is 44.2 Å². The first kappa shape index (κ1) is 15.0. The van der Waals surface area contributed by atoms with Gasteiger partial charge in [0.15, 0.2) is 0 Å². The molecule has 0 aliphatic heterocycles. The van der Waals surface area contributed by atoms with Crippen LogP contribution in [0.2, 0.25) is 0 Å². The van der Waals surface area contributed by atoms with E-state index >= 15 is 0 Å². The Morgan fingerprint density at radius 3 is 2.37 bits per heavy atom. The Labute approximate surface area is 115 Å². The van der Waals surface area contributed by atoms with Gasteiger partial charge in [0.2, 0.25) is 0 Å². The predicted octanol–water partition coefficient (Wildman–Crippen LogP) is 2.96. The van der Waals surface area contributed by atoms with Crippen molar-refractivity contribution >= 4 is 18.0 Å². The summed E-state index contributed by atoms with van der Waals surface area (Å²) in [5.74, 6) is 0.551. The molecule has 0 spiro atoms. The largest absolute Gasteiger partial charge is 0.384 e. The molecule has 0 radical (unpaired) electrons. The summed E-state index contributed by atoms with van der Waals surface area (Å²) in [6, 6.07) is 10.2. The Bertz CT molecular complexity index is 643. The minimum atomic E-state index is 0.551. The summed E-state index contributed by atoms with van der Waals surface area (Å²) in [5.41, 5.74) is 8.03. The second-order valence-corrected chi connectivity index (χ2v) is 3.86. The van der Waals surface area contributed by atoms with Crippen molar-refractivity contribution in [2.75, 3.05) is 5.73 Å². The Kier molecular flexibility index (Phi) is 5.80. The van der Waals surface area contributed by atoms with Crippen LogP contribution >= 0.6 is 0 Å². The lowest BCUT2D eigenvalue weighted by molar-refractivity contribution is 1.33. The molecule has 2 aromatic rings. The molecule has 2 rings (SSSR count). The van der Waals surface area contributed by atoms with Gasteiger partial charge in [0.05, 0.1) is 0 Å². The fraction of sp³-hybridized carbons (Fsp3) is 0.235. The number of nitrogens with zero attached hydrogens (tertiary/aromatic N) is 1. The summed E-state index contributed by atoms with van der Waals surface area (Å²) in [6.45, 7) is 8.10. The van der Waals surface area contributed by atoms with Crippen molar-refractivity contribution in [1.82, 2.24) is 4.98 Å². The monoisotopic (exact) mass is 254 g/mol. The molecule has 0 unspecified atom stereocenters. The molecule has 1 heterocycles. The van der Waals surface area contributed by atoms with Crippen molar-refractivity contribution in [3.63, 3.8) is 0 Å². The molecule has 2 nitrogen and oxygen atoms in total. The van der Waals surface area contributed by atoms with Crippen LogP contribution in [-0.2, 0) is 0 Å². The minimum absolute atomic E-state index is 0.551. The number of hydrogen-bond donors (Lipinski definition) is 1. The number of anilines is 1. The molecule has 2 heteroatoms. The van der Waals surface area contributed by atoms with E-state index in [1.807, 2.05) is 32.9 Å².